The summed E-state index contributed by atoms with van der Waals surface area (Å²) in [6, 6.07) is 8.13. The molecule has 0 heterocycles. The van der Waals surface area contributed by atoms with Gasteiger partial charge in [-0.2, -0.15) is 0 Å². The third kappa shape index (κ3) is 6.13. The highest BCUT2D eigenvalue weighted by molar-refractivity contribution is 5.75. The van der Waals surface area contributed by atoms with Gasteiger partial charge in [0.15, 0.2) is 6.61 Å². The third-order valence-corrected chi connectivity index (χ3v) is 3.01. The van der Waals surface area contributed by atoms with Gasteiger partial charge in [-0.3, -0.25) is 4.79 Å². The molecule has 19 heavy (non-hydrogen) atoms. The first kappa shape index (κ1) is 15.3. The number of benzene rings is 1. The Bertz CT molecular complexity index is 376. The van der Waals surface area contributed by atoms with Crippen LogP contribution in [0.2, 0.25) is 0 Å². The van der Waals surface area contributed by atoms with E-state index >= 15 is 0 Å². The van der Waals surface area contributed by atoms with Crippen LogP contribution in [-0.4, -0.2) is 18.6 Å². The molecule has 3 N–H and O–H groups in total. The molecule has 1 atom stereocenters. The van der Waals surface area contributed by atoms with Crippen molar-refractivity contribution in [3.63, 3.8) is 0 Å². The van der Waals surface area contributed by atoms with Gasteiger partial charge in [0.1, 0.15) is 5.75 Å². The van der Waals surface area contributed by atoms with Crippen LogP contribution in [0.15, 0.2) is 24.3 Å². The van der Waals surface area contributed by atoms with Crippen molar-refractivity contribution >= 4 is 11.6 Å². The van der Waals surface area contributed by atoms with Gasteiger partial charge in [0.25, 0.3) is 5.91 Å². The van der Waals surface area contributed by atoms with Crippen molar-refractivity contribution in [1.82, 2.24) is 0 Å². The average Bonchev–Trinajstić information content (AvgIpc) is 2.42. The summed E-state index contributed by atoms with van der Waals surface area (Å²) in [5, 5.41) is 3.51. The number of carbonyl (C=O) groups excluding carboxylic acids is 1. The van der Waals surface area contributed by atoms with Crippen LogP contribution in [0.4, 0.5) is 5.69 Å². The maximum atomic E-state index is 10.6. The van der Waals surface area contributed by atoms with Crippen molar-refractivity contribution < 1.29 is 9.53 Å². The molecule has 1 aromatic carbocycles. The molecule has 0 radical (unpaired) electrons. The summed E-state index contributed by atoms with van der Waals surface area (Å²) in [5.74, 6) is 0.193. The number of amides is 1. The number of hydrogen-bond donors (Lipinski definition) is 2. The molecule has 0 spiro atoms. The van der Waals surface area contributed by atoms with Gasteiger partial charge in [-0.05, 0) is 37.1 Å². The lowest BCUT2D eigenvalue weighted by molar-refractivity contribution is -0.119. The second kappa shape index (κ2) is 8.40. The SMILES string of the molecule is CCCCC(CC)Nc1ccc(OCC(N)=O)cc1. The van der Waals surface area contributed by atoms with Crippen LogP contribution in [-0.2, 0) is 4.79 Å². The molecule has 0 aliphatic carbocycles. The summed E-state index contributed by atoms with van der Waals surface area (Å²) in [5.41, 5.74) is 6.10. The van der Waals surface area contributed by atoms with Gasteiger partial charge in [0.05, 0.1) is 0 Å². The number of anilines is 1. The molecule has 1 aromatic rings. The van der Waals surface area contributed by atoms with Gasteiger partial charge in [0.2, 0.25) is 0 Å². The molecule has 0 aliphatic rings. The van der Waals surface area contributed by atoms with Crippen LogP contribution < -0.4 is 15.8 Å². The fourth-order valence-corrected chi connectivity index (χ4v) is 1.87. The van der Waals surface area contributed by atoms with Crippen LogP contribution >= 0.6 is 0 Å². The molecule has 0 saturated carbocycles. The number of ether oxygens (including phenoxy) is 1. The lowest BCUT2D eigenvalue weighted by atomic mass is 10.1. The van der Waals surface area contributed by atoms with Crippen LogP contribution in [0.5, 0.6) is 5.75 Å². The summed E-state index contributed by atoms with van der Waals surface area (Å²) in [6.45, 7) is 4.32. The smallest absolute Gasteiger partial charge is 0.255 e. The first-order valence-electron chi connectivity index (χ1n) is 6.93. The number of hydrogen-bond acceptors (Lipinski definition) is 3. The fraction of sp³-hybridized carbons (Fsp3) is 0.533. The number of carbonyl (C=O) groups is 1. The second-order valence-corrected chi connectivity index (χ2v) is 4.67. The minimum Gasteiger partial charge on any atom is -0.484 e. The lowest BCUT2D eigenvalue weighted by Crippen LogP contribution is -2.20. The normalized spacial score (nSPS) is 11.9. The molecule has 106 valence electrons. The van der Waals surface area contributed by atoms with Crippen LogP contribution in [0.25, 0.3) is 0 Å². The Labute approximate surface area is 115 Å². The molecule has 1 rings (SSSR count). The number of rotatable bonds is 9. The van der Waals surface area contributed by atoms with Gasteiger partial charge in [-0.1, -0.05) is 26.7 Å². The molecule has 0 saturated heterocycles. The Morgan fingerprint density at radius 1 is 1.32 bits per heavy atom. The summed E-state index contributed by atoms with van der Waals surface area (Å²) in [4.78, 5) is 10.6. The topological polar surface area (TPSA) is 64.3 Å². The van der Waals surface area contributed by atoms with Crippen molar-refractivity contribution in [3.05, 3.63) is 24.3 Å². The van der Waals surface area contributed by atoms with Crippen molar-refractivity contribution in [2.75, 3.05) is 11.9 Å². The van der Waals surface area contributed by atoms with Crippen molar-refractivity contribution in [2.45, 2.75) is 45.6 Å². The minimum atomic E-state index is -0.465. The highest BCUT2D eigenvalue weighted by atomic mass is 16.5. The molecule has 4 heteroatoms. The largest absolute Gasteiger partial charge is 0.484 e. The van der Waals surface area contributed by atoms with E-state index in [0.717, 1.165) is 12.1 Å². The van der Waals surface area contributed by atoms with E-state index in [4.69, 9.17) is 10.5 Å². The lowest BCUT2D eigenvalue weighted by Gasteiger charge is -2.18. The maximum absolute atomic E-state index is 10.6. The Balaban J connectivity index is 2.48. The second-order valence-electron chi connectivity index (χ2n) is 4.67. The molecule has 1 unspecified atom stereocenters. The molecule has 0 bridgehead atoms. The van der Waals surface area contributed by atoms with Crippen LogP contribution in [0.1, 0.15) is 39.5 Å². The zero-order chi connectivity index (χ0) is 14.1. The molecule has 0 aromatic heterocycles. The molecule has 0 fully saturated rings. The quantitative estimate of drug-likeness (QED) is 0.720. The maximum Gasteiger partial charge on any atom is 0.255 e. The highest BCUT2D eigenvalue weighted by Gasteiger charge is 2.05. The van der Waals surface area contributed by atoms with Gasteiger partial charge in [-0.15, -0.1) is 0 Å². The van der Waals surface area contributed by atoms with Gasteiger partial charge in [-0.25, -0.2) is 0 Å². The number of nitrogens with one attached hydrogen (secondary N) is 1. The molecule has 1 amide bonds. The molecule has 0 aliphatic heterocycles. The summed E-state index contributed by atoms with van der Waals surface area (Å²) >= 11 is 0. The molecular formula is C15H24N2O2. The van der Waals surface area contributed by atoms with Gasteiger partial charge < -0.3 is 15.8 Å². The van der Waals surface area contributed by atoms with E-state index in [0.29, 0.717) is 11.8 Å². The average molecular weight is 264 g/mol. The predicted molar refractivity (Wildman–Crippen MR) is 78.4 cm³/mol. The molecule has 4 nitrogen and oxygen atoms in total. The van der Waals surface area contributed by atoms with Crippen LogP contribution in [0.3, 0.4) is 0 Å². The third-order valence-electron chi connectivity index (χ3n) is 3.01. The van der Waals surface area contributed by atoms with Gasteiger partial charge >= 0.3 is 0 Å². The Hall–Kier alpha value is -1.71. The minimum absolute atomic E-state index is 0.0825. The fourth-order valence-electron chi connectivity index (χ4n) is 1.87. The van der Waals surface area contributed by atoms with E-state index in [1.54, 1.807) is 0 Å². The predicted octanol–water partition coefficient (Wildman–Crippen LogP) is 2.93. The van der Waals surface area contributed by atoms with E-state index in [9.17, 15) is 4.79 Å². The Kier molecular flexibility index (Phi) is 6.79. The summed E-state index contributed by atoms with van der Waals surface area (Å²) in [7, 11) is 0. The Morgan fingerprint density at radius 2 is 2.00 bits per heavy atom. The van der Waals surface area contributed by atoms with E-state index in [2.05, 4.69) is 19.2 Å². The first-order valence-corrected chi connectivity index (χ1v) is 6.93. The van der Waals surface area contributed by atoms with Crippen molar-refractivity contribution in [3.8, 4) is 5.75 Å². The molecular weight excluding hydrogens is 240 g/mol. The summed E-state index contributed by atoms with van der Waals surface area (Å²) < 4.78 is 5.22. The number of unbranched alkanes of at least 4 members (excludes halogenated alkanes) is 1. The van der Waals surface area contributed by atoms with Crippen molar-refractivity contribution in [1.29, 1.82) is 0 Å². The van der Waals surface area contributed by atoms with Crippen LogP contribution in [0, 0.1) is 0 Å². The van der Waals surface area contributed by atoms with E-state index < -0.39 is 5.91 Å². The van der Waals surface area contributed by atoms with Gasteiger partial charge in [0, 0.05) is 11.7 Å². The Morgan fingerprint density at radius 3 is 2.53 bits per heavy atom. The zero-order valence-corrected chi connectivity index (χ0v) is 11.8. The monoisotopic (exact) mass is 264 g/mol. The van der Waals surface area contributed by atoms with E-state index in [1.165, 1.54) is 19.3 Å². The highest BCUT2D eigenvalue weighted by Crippen LogP contribution is 2.18. The number of primary amides is 1. The number of nitrogens with two attached hydrogens (primary N) is 1. The van der Waals surface area contributed by atoms with Crippen molar-refractivity contribution in [2.24, 2.45) is 5.73 Å². The van der Waals surface area contributed by atoms with E-state index in [1.807, 2.05) is 24.3 Å². The standard InChI is InChI=1S/C15H24N2O2/c1-3-5-6-12(4-2)17-13-7-9-14(10-8-13)19-11-15(16)18/h7-10,12,17H,3-6,11H2,1-2H3,(H2,16,18). The van der Waals surface area contributed by atoms with E-state index in [-0.39, 0.29) is 6.61 Å². The zero-order valence-electron chi connectivity index (χ0n) is 11.8. The summed E-state index contributed by atoms with van der Waals surface area (Å²) in [6.07, 6.45) is 4.76. The first-order chi connectivity index (χ1) is 9.15.